The molecule has 1 unspecified atom stereocenters. The molecule has 2 fully saturated rings. The van der Waals surface area contributed by atoms with Crippen molar-refractivity contribution in [1.29, 1.82) is 0 Å². The molecule has 1 aliphatic heterocycles. The Hall–Kier alpha value is -0.120. The largest absolute Gasteiger partial charge is 0.326 e. The average molecular weight is 211 g/mol. The van der Waals surface area contributed by atoms with E-state index in [4.69, 9.17) is 5.73 Å². The van der Waals surface area contributed by atoms with Gasteiger partial charge in [0.1, 0.15) is 0 Å². The van der Waals surface area contributed by atoms with Gasteiger partial charge in [-0.1, -0.05) is 19.8 Å². The van der Waals surface area contributed by atoms with E-state index >= 15 is 0 Å². The molecule has 1 saturated carbocycles. The predicted octanol–water partition coefficient (Wildman–Crippen LogP) is 0.894. The second-order valence-electron chi connectivity index (χ2n) is 4.99. The zero-order valence-corrected chi connectivity index (χ0v) is 9.99. The molecule has 0 aromatic heterocycles. The number of piperazine rings is 1. The Balaban J connectivity index is 1.83. The van der Waals surface area contributed by atoms with Crippen LogP contribution in [-0.2, 0) is 0 Å². The molecule has 88 valence electrons. The quantitative estimate of drug-likeness (QED) is 0.736. The molecule has 3 nitrogen and oxygen atoms in total. The molecule has 0 aromatic carbocycles. The van der Waals surface area contributed by atoms with E-state index in [-0.39, 0.29) is 0 Å². The van der Waals surface area contributed by atoms with E-state index in [0.717, 1.165) is 0 Å². The summed E-state index contributed by atoms with van der Waals surface area (Å²) in [5.74, 6) is 0. The molecule has 3 heteroatoms. The maximum absolute atomic E-state index is 6.22. The fraction of sp³-hybridized carbons (Fsp3) is 1.00. The minimum absolute atomic E-state index is 0.437. The zero-order chi connectivity index (χ0) is 10.7. The molecule has 0 spiro atoms. The van der Waals surface area contributed by atoms with Crippen molar-refractivity contribution in [1.82, 2.24) is 9.80 Å². The molecule has 1 aliphatic carbocycles. The van der Waals surface area contributed by atoms with Gasteiger partial charge in [0, 0.05) is 38.3 Å². The Morgan fingerprint density at radius 1 is 1.07 bits per heavy atom. The van der Waals surface area contributed by atoms with E-state index in [1.165, 1.54) is 58.4 Å². The van der Waals surface area contributed by atoms with E-state index in [1.54, 1.807) is 0 Å². The fourth-order valence-corrected chi connectivity index (χ4v) is 3.00. The molecule has 0 radical (unpaired) electrons. The zero-order valence-electron chi connectivity index (χ0n) is 9.99. The fourth-order valence-electron chi connectivity index (χ4n) is 3.00. The maximum atomic E-state index is 6.22. The third-order valence-corrected chi connectivity index (χ3v) is 4.10. The Morgan fingerprint density at radius 3 is 2.33 bits per heavy atom. The number of likely N-dealkylation sites (N-methyl/N-ethyl adjacent to an activating group) is 1. The molecule has 0 aromatic rings. The van der Waals surface area contributed by atoms with Crippen LogP contribution in [0, 0.1) is 0 Å². The van der Waals surface area contributed by atoms with Crippen LogP contribution in [0.25, 0.3) is 0 Å². The summed E-state index contributed by atoms with van der Waals surface area (Å²) in [5, 5.41) is 0. The first kappa shape index (κ1) is 11.4. The third-order valence-electron chi connectivity index (χ3n) is 4.10. The summed E-state index contributed by atoms with van der Waals surface area (Å²) in [5.41, 5.74) is 6.22. The van der Waals surface area contributed by atoms with Crippen LogP contribution in [0.3, 0.4) is 0 Å². The van der Waals surface area contributed by atoms with Crippen molar-refractivity contribution in [3.8, 4) is 0 Å². The van der Waals surface area contributed by atoms with Gasteiger partial charge in [0.15, 0.2) is 0 Å². The lowest BCUT2D eigenvalue weighted by Crippen LogP contribution is -2.56. The van der Waals surface area contributed by atoms with Crippen molar-refractivity contribution in [2.45, 2.75) is 44.7 Å². The van der Waals surface area contributed by atoms with Crippen LogP contribution in [0.2, 0.25) is 0 Å². The summed E-state index contributed by atoms with van der Waals surface area (Å²) in [4.78, 5) is 5.17. The summed E-state index contributed by atoms with van der Waals surface area (Å²) in [6.45, 7) is 8.38. The number of hydrogen-bond acceptors (Lipinski definition) is 3. The van der Waals surface area contributed by atoms with Crippen LogP contribution >= 0.6 is 0 Å². The average Bonchev–Trinajstić information content (AvgIpc) is 2.30. The van der Waals surface area contributed by atoms with Crippen LogP contribution in [0.4, 0.5) is 0 Å². The summed E-state index contributed by atoms with van der Waals surface area (Å²) < 4.78 is 0. The molecule has 15 heavy (non-hydrogen) atoms. The van der Waals surface area contributed by atoms with E-state index in [9.17, 15) is 0 Å². The van der Waals surface area contributed by atoms with Gasteiger partial charge >= 0.3 is 0 Å². The van der Waals surface area contributed by atoms with Gasteiger partial charge in [-0.15, -0.1) is 0 Å². The molecule has 1 heterocycles. The Bertz CT molecular complexity index is 187. The predicted molar refractivity (Wildman–Crippen MR) is 63.9 cm³/mol. The van der Waals surface area contributed by atoms with Crippen molar-refractivity contribution in [2.75, 3.05) is 32.7 Å². The smallest absolute Gasteiger partial charge is 0.0248 e. The minimum Gasteiger partial charge on any atom is -0.326 e. The highest BCUT2D eigenvalue weighted by molar-refractivity contribution is 4.88. The van der Waals surface area contributed by atoms with Crippen LogP contribution < -0.4 is 5.73 Å². The van der Waals surface area contributed by atoms with Gasteiger partial charge in [-0.05, 0) is 19.4 Å². The first-order valence-electron chi connectivity index (χ1n) is 6.53. The van der Waals surface area contributed by atoms with E-state index in [2.05, 4.69) is 16.7 Å². The highest BCUT2D eigenvalue weighted by Gasteiger charge is 2.29. The lowest BCUT2D eigenvalue weighted by atomic mass is 9.89. The van der Waals surface area contributed by atoms with Gasteiger partial charge in [-0.3, -0.25) is 4.90 Å². The second-order valence-corrected chi connectivity index (χ2v) is 4.99. The summed E-state index contributed by atoms with van der Waals surface area (Å²) >= 11 is 0. The highest BCUT2D eigenvalue weighted by atomic mass is 15.3. The second kappa shape index (κ2) is 5.28. The first-order chi connectivity index (χ1) is 7.31. The Morgan fingerprint density at radius 2 is 1.73 bits per heavy atom. The van der Waals surface area contributed by atoms with Crippen molar-refractivity contribution in [2.24, 2.45) is 5.73 Å². The normalized spacial score (nSPS) is 35.6. The topological polar surface area (TPSA) is 32.5 Å². The van der Waals surface area contributed by atoms with Gasteiger partial charge in [-0.25, -0.2) is 0 Å². The van der Waals surface area contributed by atoms with Gasteiger partial charge in [-0.2, -0.15) is 0 Å². The van der Waals surface area contributed by atoms with Crippen molar-refractivity contribution < 1.29 is 0 Å². The number of nitrogens with zero attached hydrogens (tertiary/aromatic N) is 2. The number of rotatable bonds is 2. The van der Waals surface area contributed by atoms with Gasteiger partial charge in [0.05, 0.1) is 0 Å². The molecule has 2 aliphatic rings. The molecule has 0 bridgehead atoms. The lowest BCUT2D eigenvalue weighted by Gasteiger charge is -2.43. The van der Waals surface area contributed by atoms with E-state index < -0.39 is 0 Å². The van der Waals surface area contributed by atoms with Crippen LogP contribution in [0.15, 0.2) is 0 Å². The van der Waals surface area contributed by atoms with Crippen LogP contribution in [-0.4, -0.2) is 54.6 Å². The summed E-state index contributed by atoms with van der Waals surface area (Å²) in [6, 6.07) is 1.12. The monoisotopic (exact) mass is 211 g/mol. The molecule has 2 N–H and O–H groups in total. The first-order valence-corrected chi connectivity index (χ1v) is 6.53. The summed E-state index contributed by atoms with van der Waals surface area (Å²) in [7, 11) is 0. The van der Waals surface area contributed by atoms with Crippen LogP contribution in [0.5, 0.6) is 0 Å². The molecular weight excluding hydrogens is 186 g/mol. The minimum atomic E-state index is 0.437. The lowest BCUT2D eigenvalue weighted by molar-refractivity contribution is 0.0719. The highest BCUT2D eigenvalue weighted by Crippen LogP contribution is 2.22. The van der Waals surface area contributed by atoms with Crippen molar-refractivity contribution in [3.63, 3.8) is 0 Å². The molecular formula is C12H25N3. The van der Waals surface area contributed by atoms with E-state index in [0.29, 0.717) is 12.1 Å². The van der Waals surface area contributed by atoms with Crippen LogP contribution in [0.1, 0.15) is 32.6 Å². The van der Waals surface area contributed by atoms with Gasteiger partial charge < -0.3 is 10.6 Å². The third kappa shape index (κ3) is 2.71. The van der Waals surface area contributed by atoms with E-state index in [1.807, 2.05) is 0 Å². The molecule has 0 amide bonds. The summed E-state index contributed by atoms with van der Waals surface area (Å²) in [6.07, 6.45) is 5.28. The molecule has 2 atom stereocenters. The van der Waals surface area contributed by atoms with Crippen molar-refractivity contribution >= 4 is 0 Å². The maximum Gasteiger partial charge on any atom is 0.0248 e. The number of hydrogen-bond donors (Lipinski definition) is 1. The Kier molecular flexibility index (Phi) is 4.00. The van der Waals surface area contributed by atoms with Crippen molar-refractivity contribution in [3.05, 3.63) is 0 Å². The Labute approximate surface area is 93.6 Å². The van der Waals surface area contributed by atoms with Gasteiger partial charge in [0.25, 0.3) is 0 Å². The standard InChI is InChI=1S/C12H25N3/c1-2-14-7-9-15(10-8-14)12-6-4-3-5-11(12)13/h11-12H,2-10,13H2,1H3/t11?,12-/m0/s1. The SMILES string of the molecule is CCN1CCN([C@H]2CCCCC2N)CC1. The van der Waals surface area contributed by atoms with Gasteiger partial charge in [0.2, 0.25) is 0 Å². The molecule has 1 saturated heterocycles. The number of nitrogens with two attached hydrogens (primary N) is 1. The molecule has 2 rings (SSSR count).